The Kier molecular flexibility index (Phi) is 3.32. The van der Waals surface area contributed by atoms with Crippen LogP contribution >= 0.6 is 11.6 Å². The average molecular weight is 291 g/mol. The molecule has 0 spiro atoms. The minimum atomic E-state index is -0.543. The number of urea groups is 1. The second-order valence-electron chi connectivity index (χ2n) is 4.58. The number of benzene rings is 2. The molecule has 0 radical (unpaired) electrons. The summed E-state index contributed by atoms with van der Waals surface area (Å²) in [5, 5.41) is 2.87. The van der Waals surface area contributed by atoms with Crippen molar-refractivity contribution in [1.82, 2.24) is 0 Å². The lowest BCUT2D eigenvalue weighted by molar-refractivity contribution is 0.257. The molecule has 3 nitrogen and oxygen atoms in total. The Hall–Kier alpha value is -2.07. The molecule has 0 atom stereocenters. The largest absolute Gasteiger partial charge is 0.326 e. The molecule has 3 rings (SSSR count). The maximum atomic E-state index is 13.7. The second kappa shape index (κ2) is 5.13. The number of hydrogen-bond donors (Lipinski definition) is 1. The Morgan fingerprint density at radius 3 is 2.85 bits per heavy atom. The summed E-state index contributed by atoms with van der Waals surface area (Å²) < 4.78 is 13.7. The van der Waals surface area contributed by atoms with Gasteiger partial charge in [0.1, 0.15) is 5.82 Å². The first kappa shape index (κ1) is 12.9. The van der Waals surface area contributed by atoms with Gasteiger partial charge in [-0.1, -0.05) is 29.8 Å². The van der Waals surface area contributed by atoms with Crippen LogP contribution in [0, 0.1) is 5.82 Å². The third kappa shape index (κ3) is 2.34. The van der Waals surface area contributed by atoms with Crippen molar-refractivity contribution in [1.29, 1.82) is 0 Å². The molecular weight excluding hydrogens is 279 g/mol. The van der Waals surface area contributed by atoms with Crippen molar-refractivity contribution in [3.63, 3.8) is 0 Å². The summed E-state index contributed by atoms with van der Waals surface area (Å²) in [5.41, 5.74) is 2.13. The van der Waals surface area contributed by atoms with E-state index in [0.29, 0.717) is 11.6 Å². The maximum absolute atomic E-state index is 13.7. The van der Waals surface area contributed by atoms with Crippen molar-refractivity contribution in [3.8, 4) is 0 Å². The number of nitrogens with zero attached hydrogens (tertiary/aromatic N) is 1. The molecule has 1 N–H and O–H groups in total. The third-order valence-electron chi connectivity index (χ3n) is 3.31. The number of carbonyl (C=O) groups excluding carboxylic acids is 1. The van der Waals surface area contributed by atoms with Crippen LogP contribution in [0.5, 0.6) is 0 Å². The van der Waals surface area contributed by atoms with Gasteiger partial charge in [-0.25, -0.2) is 9.18 Å². The minimum Gasteiger partial charge on any atom is -0.305 e. The molecule has 0 bridgehead atoms. The Morgan fingerprint density at radius 1 is 1.25 bits per heavy atom. The fourth-order valence-corrected chi connectivity index (χ4v) is 2.48. The highest BCUT2D eigenvalue weighted by Gasteiger charge is 2.24. The van der Waals surface area contributed by atoms with Gasteiger partial charge in [-0.3, -0.25) is 4.90 Å². The quantitative estimate of drug-likeness (QED) is 0.843. The lowest BCUT2D eigenvalue weighted by Gasteiger charge is -2.18. The zero-order valence-electron chi connectivity index (χ0n) is 10.6. The van der Waals surface area contributed by atoms with Gasteiger partial charge < -0.3 is 5.32 Å². The SMILES string of the molecule is O=C(Nc1ccc(Cl)cc1F)N1CCc2ccccc21. The molecule has 0 saturated heterocycles. The Bertz CT molecular complexity index is 675. The van der Waals surface area contributed by atoms with Gasteiger partial charge in [0.2, 0.25) is 0 Å². The summed E-state index contributed by atoms with van der Waals surface area (Å²) in [5.74, 6) is -0.543. The summed E-state index contributed by atoms with van der Waals surface area (Å²) in [6.45, 7) is 0.598. The van der Waals surface area contributed by atoms with E-state index in [1.54, 1.807) is 4.90 Å². The van der Waals surface area contributed by atoms with Crippen molar-refractivity contribution >= 4 is 29.0 Å². The van der Waals surface area contributed by atoms with Crippen LogP contribution in [0.4, 0.5) is 20.6 Å². The normalized spacial score (nSPS) is 13.2. The monoisotopic (exact) mass is 290 g/mol. The number of rotatable bonds is 1. The minimum absolute atomic E-state index is 0.129. The van der Waals surface area contributed by atoms with Gasteiger partial charge in [0.25, 0.3) is 0 Å². The number of halogens is 2. The summed E-state index contributed by atoms with van der Waals surface area (Å²) >= 11 is 5.68. The standard InChI is InChI=1S/C15H12ClFN2O/c16-11-5-6-13(12(17)9-11)18-15(20)19-8-7-10-3-1-2-4-14(10)19/h1-6,9H,7-8H2,(H,18,20). The highest BCUT2D eigenvalue weighted by molar-refractivity contribution is 6.30. The molecule has 1 aliphatic rings. The molecule has 20 heavy (non-hydrogen) atoms. The summed E-state index contributed by atoms with van der Waals surface area (Å²) in [4.78, 5) is 13.8. The molecule has 0 fully saturated rings. The molecule has 2 aromatic carbocycles. The summed E-state index contributed by atoms with van der Waals surface area (Å²) in [7, 11) is 0. The van der Waals surface area contributed by atoms with Crippen molar-refractivity contribution in [2.75, 3.05) is 16.8 Å². The van der Waals surface area contributed by atoms with Crippen LogP contribution in [0.2, 0.25) is 5.02 Å². The predicted octanol–water partition coefficient (Wildman–Crippen LogP) is 4.07. The first-order valence-corrected chi connectivity index (χ1v) is 6.64. The van der Waals surface area contributed by atoms with Gasteiger partial charge >= 0.3 is 6.03 Å². The third-order valence-corrected chi connectivity index (χ3v) is 3.54. The van der Waals surface area contributed by atoms with Crippen molar-refractivity contribution in [2.45, 2.75) is 6.42 Å². The molecule has 0 unspecified atom stereocenters. The molecule has 102 valence electrons. The van der Waals surface area contributed by atoms with E-state index in [2.05, 4.69) is 5.32 Å². The van der Waals surface area contributed by atoms with E-state index in [-0.39, 0.29) is 11.7 Å². The van der Waals surface area contributed by atoms with Crippen LogP contribution in [-0.2, 0) is 6.42 Å². The van der Waals surface area contributed by atoms with Gasteiger partial charge in [-0.15, -0.1) is 0 Å². The fourth-order valence-electron chi connectivity index (χ4n) is 2.32. The van der Waals surface area contributed by atoms with Crippen LogP contribution in [0.25, 0.3) is 0 Å². The summed E-state index contributed by atoms with van der Waals surface area (Å²) in [6, 6.07) is 11.5. The van der Waals surface area contributed by atoms with Gasteiger partial charge in [-0.2, -0.15) is 0 Å². The topological polar surface area (TPSA) is 32.3 Å². The zero-order valence-corrected chi connectivity index (χ0v) is 11.3. The van der Waals surface area contributed by atoms with Crippen molar-refractivity contribution in [2.24, 2.45) is 0 Å². The van der Waals surface area contributed by atoms with Crippen LogP contribution < -0.4 is 10.2 Å². The van der Waals surface area contributed by atoms with E-state index in [1.165, 1.54) is 18.2 Å². The van der Waals surface area contributed by atoms with Crippen LogP contribution in [0.1, 0.15) is 5.56 Å². The fraction of sp³-hybridized carbons (Fsp3) is 0.133. The zero-order chi connectivity index (χ0) is 14.1. The lowest BCUT2D eigenvalue weighted by atomic mass is 10.2. The Labute approximate surface area is 121 Å². The van der Waals surface area contributed by atoms with Gasteiger partial charge in [0.15, 0.2) is 0 Å². The number of fused-ring (bicyclic) bond motifs is 1. The number of para-hydroxylation sites is 1. The number of anilines is 2. The summed E-state index contributed by atoms with van der Waals surface area (Å²) in [6.07, 6.45) is 0.812. The molecule has 0 aromatic heterocycles. The molecule has 2 amide bonds. The molecule has 0 saturated carbocycles. The van der Waals surface area contributed by atoms with Crippen LogP contribution in [0.3, 0.4) is 0 Å². The van der Waals surface area contributed by atoms with E-state index < -0.39 is 5.82 Å². The Balaban J connectivity index is 1.81. The van der Waals surface area contributed by atoms with Crippen LogP contribution in [-0.4, -0.2) is 12.6 Å². The van der Waals surface area contributed by atoms with Gasteiger partial charge in [0, 0.05) is 17.3 Å². The highest BCUT2D eigenvalue weighted by atomic mass is 35.5. The lowest BCUT2D eigenvalue weighted by Crippen LogP contribution is -2.33. The molecule has 5 heteroatoms. The predicted molar refractivity (Wildman–Crippen MR) is 77.9 cm³/mol. The number of carbonyl (C=O) groups is 1. The smallest absolute Gasteiger partial charge is 0.305 e. The van der Waals surface area contributed by atoms with Crippen LogP contribution in [0.15, 0.2) is 42.5 Å². The molecule has 1 heterocycles. The maximum Gasteiger partial charge on any atom is 0.326 e. The van der Waals surface area contributed by atoms with Gasteiger partial charge in [-0.05, 0) is 36.2 Å². The number of hydrogen-bond acceptors (Lipinski definition) is 1. The number of nitrogens with one attached hydrogen (secondary N) is 1. The van der Waals surface area contributed by atoms with E-state index >= 15 is 0 Å². The molecule has 1 aliphatic heterocycles. The molecule has 2 aromatic rings. The number of amides is 2. The molecule has 0 aliphatic carbocycles. The first-order chi connectivity index (χ1) is 9.65. The van der Waals surface area contributed by atoms with Crippen molar-refractivity contribution in [3.05, 3.63) is 58.9 Å². The van der Waals surface area contributed by atoms with Crippen molar-refractivity contribution < 1.29 is 9.18 Å². The molecular formula is C15H12ClFN2O. The Morgan fingerprint density at radius 2 is 2.05 bits per heavy atom. The highest BCUT2D eigenvalue weighted by Crippen LogP contribution is 2.28. The van der Waals surface area contributed by atoms with E-state index in [0.717, 1.165) is 17.7 Å². The second-order valence-corrected chi connectivity index (χ2v) is 5.02. The first-order valence-electron chi connectivity index (χ1n) is 6.26. The average Bonchev–Trinajstić information content (AvgIpc) is 2.86. The van der Waals surface area contributed by atoms with E-state index in [1.807, 2.05) is 24.3 Å². The van der Waals surface area contributed by atoms with E-state index in [9.17, 15) is 9.18 Å². The van der Waals surface area contributed by atoms with E-state index in [4.69, 9.17) is 11.6 Å². The van der Waals surface area contributed by atoms with Gasteiger partial charge in [0.05, 0.1) is 5.69 Å².